The predicted octanol–water partition coefficient (Wildman–Crippen LogP) is 0.512. The second-order valence-corrected chi connectivity index (χ2v) is 5.20. The van der Waals surface area contributed by atoms with Crippen LogP contribution in [0.15, 0.2) is 10.2 Å². The van der Waals surface area contributed by atoms with Gasteiger partial charge in [-0.05, 0) is 13.8 Å². The SMILES string of the molecule is Cc1csc(=O)n1CCN1CCNC[C@H]1C. The minimum Gasteiger partial charge on any atom is -0.314 e. The highest BCUT2D eigenvalue weighted by molar-refractivity contribution is 7.07. The summed E-state index contributed by atoms with van der Waals surface area (Å²) in [5.41, 5.74) is 1.08. The molecule has 1 aromatic rings. The lowest BCUT2D eigenvalue weighted by atomic mass is 10.2. The second-order valence-electron chi connectivity index (χ2n) is 4.38. The van der Waals surface area contributed by atoms with Crippen LogP contribution < -0.4 is 10.2 Å². The van der Waals surface area contributed by atoms with Gasteiger partial charge >= 0.3 is 4.87 Å². The number of piperazine rings is 1. The van der Waals surface area contributed by atoms with E-state index in [2.05, 4.69) is 17.1 Å². The number of nitrogens with one attached hydrogen (secondary N) is 1. The van der Waals surface area contributed by atoms with Gasteiger partial charge in [-0.1, -0.05) is 11.3 Å². The van der Waals surface area contributed by atoms with Crippen molar-refractivity contribution in [3.8, 4) is 0 Å². The minimum atomic E-state index is 0.167. The van der Waals surface area contributed by atoms with Crippen LogP contribution in [0.25, 0.3) is 0 Å². The highest BCUT2D eigenvalue weighted by Gasteiger charge is 2.17. The lowest BCUT2D eigenvalue weighted by Gasteiger charge is -2.33. The fraction of sp³-hybridized carbons (Fsp3) is 0.727. The van der Waals surface area contributed by atoms with Gasteiger partial charge in [0.05, 0.1) is 0 Å². The Morgan fingerprint density at radius 1 is 1.56 bits per heavy atom. The van der Waals surface area contributed by atoms with Gasteiger partial charge in [0.25, 0.3) is 0 Å². The zero-order chi connectivity index (χ0) is 11.5. The maximum Gasteiger partial charge on any atom is 0.307 e. The number of hydrogen-bond acceptors (Lipinski definition) is 4. The summed E-state index contributed by atoms with van der Waals surface area (Å²) in [6, 6.07) is 0.573. The molecule has 0 aliphatic carbocycles. The van der Waals surface area contributed by atoms with Gasteiger partial charge in [0, 0.05) is 49.8 Å². The molecular weight excluding hydrogens is 222 g/mol. The van der Waals surface area contributed by atoms with E-state index in [1.165, 1.54) is 11.3 Å². The number of hydrogen-bond donors (Lipinski definition) is 1. The summed E-state index contributed by atoms with van der Waals surface area (Å²) < 4.78 is 1.87. The van der Waals surface area contributed by atoms with E-state index in [-0.39, 0.29) is 4.87 Å². The molecule has 16 heavy (non-hydrogen) atoms. The van der Waals surface area contributed by atoms with Crippen molar-refractivity contribution in [2.24, 2.45) is 0 Å². The van der Waals surface area contributed by atoms with Crippen LogP contribution in [0.3, 0.4) is 0 Å². The molecule has 1 N–H and O–H groups in total. The van der Waals surface area contributed by atoms with E-state index >= 15 is 0 Å². The quantitative estimate of drug-likeness (QED) is 0.838. The van der Waals surface area contributed by atoms with Crippen LogP contribution in [-0.2, 0) is 6.54 Å². The molecule has 4 nitrogen and oxygen atoms in total. The molecule has 2 heterocycles. The topological polar surface area (TPSA) is 37.3 Å². The molecule has 0 saturated carbocycles. The molecular formula is C11H19N3OS. The number of nitrogens with zero attached hydrogens (tertiary/aromatic N) is 2. The molecule has 5 heteroatoms. The summed E-state index contributed by atoms with van der Waals surface area (Å²) in [6.45, 7) is 9.21. The zero-order valence-corrected chi connectivity index (χ0v) is 10.7. The van der Waals surface area contributed by atoms with Crippen molar-refractivity contribution in [1.82, 2.24) is 14.8 Å². The number of rotatable bonds is 3. The smallest absolute Gasteiger partial charge is 0.307 e. The average molecular weight is 241 g/mol. The molecule has 1 aliphatic heterocycles. The Balaban J connectivity index is 1.94. The van der Waals surface area contributed by atoms with Crippen molar-refractivity contribution in [2.45, 2.75) is 26.4 Å². The van der Waals surface area contributed by atoms with E-state index in [0.29, 0.717) is 6.04 Å². The number of aryl methyl sites for hydroxylation is 1. The zero-order valence-electron chi connectivity index (χ0n) is 9.90. The van der Waals surface area contributed by atoms with Gasteiger partial charge in [0.2, 0.25) is 0 Å². The summed E-state index contributed by atoms with van der Waals surface area (Å²) in [4.78, 5) is 14.2. The summed E-state index contributed by atoms with van der Waals surface area (Å²) in [5.74, 6) is 0. The van der Waals surface area contributed by atoms with Crippen LogP contribution >= 0.6 is 11.3 Å². The van der Waals surface area contributed by atoms with Crippen LogP contribution in [0.2, 0.25) is 0 Å². The fourth-order valence-electron chi connectivity index (χ4n) is 2.12. The van der Waals surface area contributed by atoms with E-state index in [4.69, 9.17) is 0 Å². The molecule has 1 saturated heterocycles. The first kappa shape index (κ1) is 11.8. The van der Waals surface area contributed by atoms with Crippen molar-refractivity contribution in [3.05, 3.63) is 20.7 Å². The van der Waals surface area contributed by atoms with Crippen molar-refractivity contribution < 1.29 is 0 Å². The highest BCUT2D eigenvalue weighted by Crippen LogP contribution is 2.04. The Labute approximate surface area is 99.9 Å². The maximum absolute atomic E-state index is 11.5. The van der Waals surface area contributed by atoms with Gasteiger partial charge in [0.1, 0.15) is 0 Å². The fourth-order valence-corrected chi connectivity index (χ4v) is 2.88. The van der Waals surface area contributed by atoms with Crippen LogP contribution in [0.4, 0.5) is 0 Å². The lowest BCUT2D eigenvalue weighted by molar-refractivity contribution is 0.167. The molecule has 0 amide bonds. The first-order valence-electron chi connectivity index (χ1n) is 5.78. The van der Waals surface area contributed by atoms with Gasteiger partial charge in [-0.15, -0.1) is 0 Å². The molecule has 0 radical (unpaired) electrons. The Morgan fingerprint density at radius 3 is 3.00 bits per heavy atom. The first-order chi connectivity index (χ1) is 7.68. The van der Waals surface area contributed by atoms with Crippen molar-refractivity contribution in [3.63, 3.8) is 0 Å². The molecule has 1 fully saturated rings. The predicted molar refractivity (Wildman–Crippen MR) is 67.2 cm³/mol. The molecule has 90 valence electrons. The standard InChI is InChI=1S/C11H19N3OS/c1-9-7-12-3-4-13(9)5-6-14-10(2)8-16-11(14)15/h8-9,12H,3-7H2,1-2H3/t9-/m1/s1. The van der Waals surface area contributed by atoms with Gasteiger partial charge in [-0.2, -0.15) is 0 Å². The number of thiazole rings is 1. The van der Waals surface area contributed by atoms with E-state index in [1.807, 2.05) is 16.9 Å². The monoisotopic (exact) mass is 241 g/mol. The van der Waals surface area contributed by atoms with Crippen LogP contribution in [0.1, 0.15) is 12.6 Å². The van der Waals surface area contributed by atoms with Crippen LogP contribution in [0, 0.1) is 6.92 Å². The van der Waals surface area contributed by atoms with Crippen LogP contribution in [0.5, 0.6) is 0 Å². The summed E-state index contributed by atoms with van der Waals surface area (Å²) in [7, 11) is 0. The normalized spacial score (nSPS) is 22.5. The van der Waals surface area contributed by atoms with E-state index in [0.717, 1.165) is 38.4 Å². The van der Waals surface area contributed by atoms with Gasteiger partial charge in [0.15, 0.2) is 0 Å². The third-order valence-corrected chi connectivity index (χ3v) is 4.11. The third-order valence-electron chi connectivity index (χ3n) is 3.23. The Hall–Kier alpha value is -0.650. The Morgan fingerprint density at radius 2 is 2.38 bits per heavy atom. The van der Waals surface area contributed by atoms with Gasteiger partial charge in [-0.3, -0.25) is 9.69 Å². The molecule has 1 aliphatic rings. The summed E-state index contributed by atoms with van der Waals surface area (Å²) in [6.07, 6.45) is 0. The summed E-state index contributed by atoms with van der Waals surface area (Å²) in [5, 5.41) is 5.31. The molecule has 0 spiro atoms. The largest absolute Gasteiger partial charge is 0.314 e. The van der Waals surface area contributed by atoms with E-state index in [1.54, 1.807) is 0 Å². The average Bonchev–Trinajstić information content (AvgIpc) is 2.58. The Bertz CT molecular complexity index is 398. The van der Waals surface area contributed by atoms with E-state index < -0.39 is 0 Å². The van der Waals surface area contributed by atoms with Crippen LogP contribution in [-0.4, -0.2) is 41.7 Å². The van der Waals surface area contributed by atoms with Gasteiger partial charge in [-0.25, -0.2) is 0 Å². The molecule has 2 rings (SSSR count). The molecule has 1 aromatic heterocycles. The third kappa shape index (κ3) is 2.53. The second kappa shape index (κ2) is 5.12. The molecule has 0 aromatic carbocycles. The Kier molecular flexibility index (Phi) is 3.78. The molecule has 0 bridgehead atoms. The first-order valence-corrected chi connectivity index (χ1v) is 6.66. The minimum absolute atomic E-state index is 0.167. The van der Waals surface area contributed by atoms with Gasteiger partial charge < -0.3 is 9.88 Å². The lowest BCUT2D eigenvalue weighted by Crippen LogP contribution is -2.50. The summed E-state index contributed by atoms with van der Waals surface area (Å²) >= 11 is 1.29. The molecule has 1 atom stereocenters. The van der Waals surface area contributed by atoms with Crippen molar-refractivity contribution in [2.75, 3.05) is 26.2 Å². The highest BCUT2D eigenvalue weighted by atomic mass is 32.1. The molecule has 0 unspecified atom stereocenters. The van der Waals surface area contributed by atoms with E-state index in [9.17, 15) is 4.79 Å². The van der Waals surface area contributed by atoms with Crippen molar-refractivity contribution >= 4 is 11.3 Å². The van der Waals surface area contributed by atoms with Crippen molar-refractivity contribution in [1.29, 1.82) is 0 Å². The maximum atomic E-state index is 11.5. The number of aromatic nitrogens is 1.